The summed E-state index contributed by atoms with van der Waals surface area (Å²) < 4.78 is 10.2. The molecule has 0 heterocycles. The first-order chi connectivity index (χ1) is 8.51. The van der Waals surface area contributed by atoms with Crippen molar-refractivity contribution in [2.45, 2.75) is 38.3 Å². The fourth-order valence-corrected chi connectivity index (χ4v) is 2.00. The minimum Gasteiger partial charge on any atom is -0.465 e. The molecule has 5 nitrogen and oxygen atoms in total. The van der Waals surface area contributed by atoms with Crippen molar-refractivity contribution >= 4 is 5.97 Å². The van der Waals surface area contributed by atoms with Crippen LogP contribution in [0.25, 0.3) is 0 Å². The van der Waals surface area contributed by atoms with Gasteiger partial charge in [0.1, 0.15) is 5.54 Å². The Labute approximate surface area is 110 Å². The van der Waals surface area contributed by atoms with Gasteiger partial charge in [0, 0.05) is 26.2 Å². The number of carbonyl (C=O) groups excluding carboxylic acids is 1. The van der Waals surface area contributed by atoms with E-state index in [1.807, 2.05) is 20.9 Å². The summed E-state index contributed by atoms with van der Waals surface area (Å²) in [6.45, 7) is 6.28. The molecule has 0 spiro atoms. The smallest absolute Gasteiger partial charge is 0.327 e. The number of nitrogens with one attached hydrogen (secondary N) is 1. The number of rotatable bonds is 9. The highest BCUT2D eigenvalue weighted by Gasteiger charge is 2.40. The van der Waals surface area contributed by atoms with Crippen molar-refractivity contribution in [1.82, 2.24) is 10.2 Å². The Hall–Kier alpha value is -0.650. The predicted molar refractivity (Wildman–Crippen MR) is 70.6 cm³/mol. The number of hydrogen-bond donors (Lipinski definition) is 1. The lowest BCUT2D eigenvalue weighted by atomic mass is 10.0. The maximum absolute atomic E-state index is 12.1. The lowest BCUT2D eigenvalue weighted by molar-refractivity contribution is -0.151. The van der Waals surface area contributed by atoms with E-state index in [0.29, 0.717) is 25.8 Å². The molecule has 1 fully saturated rings. The Kier molecular flexibility index (Phi) is 6.05. The maximum atomic E-state index is 12.1. The van der Waals surface area contributed by atoms with Crippen LogP contribution in [0, 0.1) is 0 Å². The highest BCUT2D eigenvalue weighted by molar-refractivity contribution is 5.80. The van der Waals surface area contributed by atoms with Crippen LogP contribution in [0.3, 0.4) is 0 Å². The van der Waals surface area contributed by atoms with Crippen molar-refractivity contribution in [2.24, 2.45) is 0 Å². The number of esters is 1. The highest BCUT2D eigenvalue weighted by Crippen LogP contribution is 2.23. The minimum absolute atomic E-state index is 0.166. The van der Waals surface area contributed by atoms with Gasteiger partial charge in [0.2, 0.25) is 0 Å². The number of hydrogen-bond acceptors (Lipinski definition) is 5. The summed E-state index contributed by atoms with van der Waals surface area (Å²) in [6, 6.07) is 0.468. The minimum atomic E-state index is -0.625. The molecule has 1 atom stereocenters. The third-order valence-corrected chi connectivity index (χ3v) is 3.09. The summed E-state index contributed by atoms with van der Waals surface area (Å²) in [5.41, 5.74) is -0.625. The number of likely N-dealkylation sites (N-methyl/N-ethyl adjacent to an activating group) is 1. The molecule has 0 amide bonds. The SMILES string of the molecule is CCOC(=O)C(C)(CN(C)CCOC)NC1CC1. The summed E-state index contributed by atoms with van der Waals surface area (Å²) in [4.78, 5) is 14.2. The van der Waals surface area contributed by atoms with E-state index >= 15 is 0 Å². The zero-order valence-corrected chi connectivity index (χ0v) is 12.0. The van der Waals surface area contributed by atoms with Gasteiger partial charge in [-0.2, -0.15) is 0 Å². The topological polar surface area (TPSA) is 50.8 Å². The molecule has 0 bridgehead atoms. The predicted octanol–water partition coefficient (Wildman–Crippen LogP) is 0.638. The standard InChI is InChI=1S/C13H26N2O3/c1-5-18-12(16)13(2,14-11-6-7-11)10-15(3)8-9-17-4/h11,14H,5-10H2,1-4H3. The van der Waals surface area contributed by atoms with E-state index in [0.717, 1.165) is 19.4 Å². The molecule has 0 aromatic carbocycles. The second-order valence-electron chi connectivity index (χ2n) is 5.20. The van der Waals surface area contributed by atoms with Gasteiger partial charge in [-0.1, -0.05) is 0 Å². The zero-order valence-electron chi connectivity index (χ0n) is 12.0. The Morgan fingerprint density at radius 3 is 2.67 bits per heavy atom. The monoisotopic (exact) mass is 258 g/mol. The fraction of sp³-hybridized carbons (Fsp3) is 0.923. The van der Waals surface area contributed by atoms with E-state index in [2.05, 4.69) is 10.2 Å². The molecule has 1 aliphatic carbocycles. The normalized spacial score (nSPS) is 18.7. The average molecular weight is 258 g/mol. The number of ether oxygens (including phenoxy) is 2. The van der Waals surface area contributed by atoms with Gasteiger partial charge in [-0.05, 0) is 33.7 Å². The van der Waals surface area contributed by atoms with Crippen molar-refractivity contribution < 1.29 is 14.3 Å². The largest absolute Gasteiger partial charge is 0.465 e. The molecule has 0 aliphatic heterocycles. The molecule has 18 heavy (non-hydrogen) atoms. The summed E-state index contributed by atoms with van der Waals surface area (Å²) in [5.74, 6) is -0.166. The van der Waals surface area contributed by atoms with Gasteiger partial charge in [0.25, 0.3) is 0 Å². The van der Waals surface area contributed by atoms with Crippen molar-refractivity contribution in [3.8, 4) is 0 Å². The first-order valence-electron chi connectivity index (χ1n) is 6.64. The summed E-state index contributed by atoms with van der Waals surface area (Å²) in [7, 11) is 3.67. The number of carbonyl (C=O) groups is 1. The van der Waals surface area contributed by atoms with Crippen LogP contribution in [-0.2, 0) is 14.3 Å². The molecule has 1 saturated carbocycles. The Balaban J connectivity index is 2.54. The molecule has 1 N–H and O–H groups in total. The summed E-state index contributed by atoms with van der Waals surface area (Å²) in [5, 5.41) is 3.40. The van der Waals surface area contributed by atoms with Gasteiger partial charge in [-0.15, -0.1) is 0 Å². The molecule has 0 radical (unpaired) electrons. The highest BCUT2D eigenvalue weighted by atomic mass is 16.5. The van der Waals surface area contributed by atoms with Crippen LogP contribution in [0.15, 0.2) is 0 Å². The van der Waals surface area contributed by atoms with Crippen molar-refractivity contribution in [1.29, 1.82) is 0 Å². The Morgan fingerprint density at radius 2 is 2.17 bits per heavy atom. The van der Waals surface area contributed by atoms with E-state index in [9.17, 15) is 4.79 Å². The van der Waals surface area contributed by atoms with Crippen LogP contribution in [0.1, 0.15) is 26.7 Å². The quantitative estimate of drug-likeness (QED) is 0.615. The summed E-state index contributed by atoms with van der Waals surface area (Å²) in [6.07, 6.45) is 2.30. The van der Waals surface area contributed by atoms with Crippen molar-refractivity contribution in [3.63, 3.8) is 0 Å². The van der Waals surface area contributed by atoms with Gasteiger partial charge < -0.3 is 14.4 Å². The van der Waals surface area contributed by atoms with E-state index < -0.39 is 5.54 Å². The number of methoxy groups -OCH3 is 1. The molecule has 0 saturated heterocycles. The fourth-order valence-electron chi connectivity index (χ4n) is 2.00. The van der Waals surface area contributed by atoms with Crippen LogP contribution in [0.4, 0.5) is 0 Å². The molecule has 5 heteroatoms. The Bertz CT molecular complexity index is 269. The summed E-state index contributed by atoms with van der Waals surface area (Å²) >= 11 is 0. The molecule has 0 aromatic heterocycles. The molecule has 1 rings (SSSR count). The third-order valence-electron chi connectivity index (χ3n) is 3.09. The molecule has 0 aromatic rings. The van der Waals surface area contributed by atoms with E-state index in [1.165, 1.54) is 0 Å². The van der Waals surface area contributed by atoms with Gasteiger partial charge >= 0.3 is 5.97 Å². The molecule has 1 aliphatic rings. The third kappa shape index (κ3) is 4.92. The first kappa shape index (κ1) is 15.4. The lowest BCUT2D eigenvalue weighted by Gasteiger charge is -2.32. The van der Waals surface area contributed by atoms with Crippen LogP contribution in [-0.4, -0.2) is 62.9 Å². The van der Waals surface area contributed by atoms with Gasteiger partial charge in [0.15, 0.2) is 0 Å². The Morgan fingerprint density at radius 1 is 1.50 bits per heavy atom. The van der Waals surface area contributed by atoms with Crippen LogP contribution in [0.2, 0.25) is 0 Å². The second kappa shape index (κ2) is 7.07. The van der Waals surface area contributed by atoms with Crippen LogP contribution < -0.4 is 5.32 Å². The lowest BCUT2D eigenvalue weighted by Crippen LogP contribution is -2.58. The first-order valence-corrected chi connectivity index (χ1v) is 6.64. The van der Waals surface area contributed by atoms with Crippen molar-refractivity contribution in [2.75, 3.05) is 40.5 Å². The molecular formula is C13H26N2O3. The second-order valence-corrected chi connectivity index (χ2v) is 5.20. The average Bonchev–Trinajstić information content (AvgIpc) is 3.10. The van der Waals surface area contributed by atoms with Crippen molar-refractivity contribution in [3.05, 3.63) is 0 Å². The van der Waals surface area contributed by atoms with Gasteiger partial charge in [0.05, 0.1) is 13.2 Å². The van der Waals surface area contributed by atoms with Gasteiger partial charge in [-0.3, -0.25) is 10.1 Å². The molecule has 106 valence electrons. The molecular weight excluding hydrogens is 232 g/mol. The molecule has 1 unspecified atom stereocenters. The van der Waals surface area contributed by atoms with Crippen LogP contribution in [0.5, 0.6) is 0 Å². The van der Waals surface area contributed by atoms with Gasteiger partial charge in [-0.25, -0.2) is 0 Å². The van der Waals surface area contributed by atoms with E-state index in [1.54, 1.807) is 7.11 Å². The maximum Gasteiger partial charge on any atom is 0.327 e. The zero-order chi connectivity index (χ0) is 13.6. The van der Waals surface area contributed by atoms with E-state index in [-0.39, 0.29) is 5.97 Å². The van der Waals surface area contributed by atoms with E-state index in [4.69, 9.17) is 9.47 Å². The number of nitrogens with zero attached hydrogens (tertiary/aromatic N) is 1. The van der Waals surface area contributed by atoms with Crippen LogP contribution >= 0.6 is 0 Å².